The molecule has 0 aliphatic carbocycles. The van der Waals surface area contributed by atoms with Gasteiger partial charge < -0.3 is 15.5 Å². The summed E-state index contributed by atoms with van der Waals surface area (Å²) in [6.45, 7) is 1.51. The average Bonchev–Trinajstić information content (AvgIpc) is 2.49. The second-order valence-corrected chi connectivity index (χ2v) is 6.28. The molecule has 1 rings (SSSR count). The van der Waals surface area contributed by atoms with E-state index in [1.807, 2.05) is 30.5 Å². The first-order valence-electron chi connectivity index (χ1n) is 6.98. The van der Waals surface area contributed by atoms with Crippen LogP contribution in [-0.2, 0) is 11.3 Å². The highest BCUT2D eigenvalue weighted by Crippen LogP contribution is 2.11. The van der Waals surface area contributed by atoms with Crippen molar-refractivity contribution in [2.45, 2.75) is 6.54 Å². The van der Waals surface area contributed by atoms with Crippen LogP contribution >= 0.6 is 23.4 Å². The van der Waals surface area contributed by atoms with E-state index in [9.17, 15) is 4.79 Å². The van der Waals surface area contributed by atoms with Crippen molar-refractivity contribution in [2.24, 2.45) is 4.99 Å². The number of likely N-dealkylation sites (N-methyl/N-ethyl adjacent to an activating group) is 1. The number of thioether (sulfide) groups is 1. The van der Waals surface area contributed by atoms with Gasteiger partial charge >= 0.3 is 0 Å². The second-order valence-electron chi connectivity index (χ2n) is 4.86. The summed E-state index contributed by atoms with van der Waals surface area (Å²) in [5.41, 5.74) is 1.03. The van der Waals surface area contributed by atoms with Gasteiger partial charge in [0.25, 0.3) is 0 Å². The molecular weight excluding hydrogens is 320 g/mol. The quantitative estimate of drug-likeness (QED) is 0.451. The van der Waals surface area contributed by atoms with E-state index < -0.39 is 0 Å². The number of carbonyl (C=O) groups excluding carboxylic acids is 1. The number of hydrogen-bond donors (Lipinski definition) is 2. The molecule has 2 N–H and O–H groups in total. The van der Waals surface area contributed by atoms with Crippen LogP contribution in [0.3, 0.4) is 0 Å². The first-order chi connectivity index (χ1) is 10.5. The molecule has 0 fully saturated rings. The number of halogens is 1. The van der Waals surface area contributed by atoms with Gasteiger partial charge in [-0.2, -0.15) is 11.8 Å². The third kappa shape index (κ3) is 7.56. The van der Waals surface area contributed by atoms with Crippen LogP contribution in [0.4, 0.5) is 0 Å². The largest absolute Gasteiger partial charge is 0.356 e. The molecule has 0 aliphatic rings. The Morgan fingerprint density at radius 1 is 1.36 bits per heavy atom. The highest BCUT2D eigenvalue weighted by molar-refractivity contribution is 7.98. The predicted molar refractivity (Wildman–Crippen MR) is 95.7 cm³/mol. The van der Waals surface area contributed by atoms with Gasteiger partial charge in [0.2, 0.25) is 5.91 Å². The Morgan fingerprint density at radius 2 is 2.14 bits per heavy atom. The summed E-state index contributed by atoms with van der Waals surface area (Å²) in [7, 11) is 3.46. The monoisotopic (exact) mass is 342 g/mol. The molecule has 0 atom stereocenters. The van der Waals surface area contributed by atoms with Crippen molar-refractivity contribution >= 4 is 35.2 Å². The maximum Gasteiger partial charge on any atom is 0.241 e. The summed E-state index contributed by atoms with van der Waals surface area (Å²) in [5, 5.41) is 6.96. The number of carbonyl (C=O) groups is 1. The van der Waals surface area contributed by atoms with E-state index in [1.165, 1.54) is 0 Å². The van der Waals surface area contributed by atoms with E-state index in [-0.39, 0.29) is 12.5 Å². The van der Waals surface area contributed by atoms with Crippen molar-refractivity contribution in [3.63, 3.8) is 0 Å². The van der Waals surface area contributed by atoms with Crippen LogP contribution in [0.15, 0.2) is 29.3 Å². The van der Waals surface area contributed by atoms with E-state index in [0.717, 1.165) is 17.9 Å². The summed E-state index contributed by atoms with van der Waals surface area (Å²) in [6.07, 6.45) is 2.05. The minimum Gasteiger partial charge on any atom is -0.356 e. The van der Waals surface area contributed by atoms with E-state index in [0.29, 0.717) is 17.5 Å². The summed E-state index contributed by atoms with van der Waals surface area (Å²) in [4.78, 5) is 17.7. The molecule has 0 aliphatic heterocycles. The van der Waals surface area contributed by atoms with Gasteiger partial charge in [-0.1, -0.05) is 23.7 Å². The second kappa shape index (κ2) is 10.3. The lowest BCUT2D eigenvalue weighted by Crippen LogP contribution is -2.43. The van der Waals surface area contributed by atoms with Crippen LogP contribution in [0.25, 0.3) is 0 Å². The zero-order chi connectivity index (χ0) is 16.4. The molecule has 0 unspecified atom stereocenters. The molecule has 0 radical (unpaired) electrons. The van der Waals surface area contributed by atoms with Crippen molar-refractivity contribution in [3.05, 3.63) is 34.9 Å². The molecule has 122 valence electrons. The fourth-order valence-corrected chi connectivity index (χ4v) is 2.09. The molecule has 0 aromatic heterocycles. The van der Waals surface area contributed by atoms with Crippen LogP contribution < -0.4 is 10.6 Å². The SMILES string of the molecule is CSCCNC(=NCc1cccc(Cl)c1)NCC(=O)N(C)C. The molecule has 0 saturated carbocycles. The van der Waals surface area contributed by atoms with E-state index in [1.54, 1.807) is 30.8 Å². The molecule has 1 aromatic carbocycles. The van der Waals surface area contributed by atoms with Gasteiger partial charge in [-0.25, -0.2) is 4.99 Å². The highest BCUT2D eigenvalue weighted by Gasteiger charge is 2.05. The molecule has 0 heterocycles. The zero-order valence-electron chi connectivity index (χ0n) is 13.2. The van der Waals surface area contributed by atoms with Gasteiger partial charge in [-0.15, -0.1) is 0 Å². The van der Waals surface area contributed by atoms with Crippen molar-refractivity contribution in [2.75, 3.05) is 39.2 Å². The van der Waals surface area contributed by atoms with Gasteiger partial charge in [0.15, 0.2) is 5.96 Å². The van der Waals surface area contributed by atoms with E-state index >= 15 is 0 Å². The van der Waals surface area contributed by atoms with E-state index in [4.69, 9.17) is 11.6 Å². The van der Waals surface area contributed by atoms with Crippen LogP contribution in [0.1, 0.15) is 5.56 Å². The number of amides is 1. The Labute approximate surface area is 141 Å². The number of benzene rings is 1. The first kappa shape index (κ1) is 18.6. The fourth-order valence-electron chi connectivity index (χ4n) is 1.57. The molecule has 22 heavy (non-hydrogen) atoms. The molecule has 1 amide bonds. The van der Waals surface area contributed by atoms with Gasteiger partial charge in [0, 0.05) is 31.4 Å². The van der Waals surface area contributed by atoms with Crippen LogP contribution in [-0.4, -0.2) is 56.0 Å². The minimum absolute atomic E-state index is 0.00196. The lowest BCUT2D eigenvalue weighted by Gasteiger charge is -2.14. The normalized spacial score (nSPS) is 11.2. The Bertz CT molecular complexity index is 508. The number of nitrogens with zero attached hydrogens (tertiary/aromatic N) is 2. The molecule has 0 bridgehead atoms. The van der Waals surface area contributed by atoms with Gasteiger partial charge in [-0.3, -0.25) is 4.79 Å². The predicted octanol–water partition coefficient (Wildman–Crippen LogP) is 1.83. The zero-order valence-corrected chi connectivity index (χ0v) is 14.8. The highest BCUT2D eigenvalue weighted by atomic mass is 35.5. The van der Waals surface area contributed by atoms with Gasteiger partial charge in [0.05, 0.1) is 13.1 Å². The third-order valence-electron chi connectivity index (χ3n) is 2.81. The summed E-state index contributed by atoms with van der Waals surface area (Å²) >= 11 is 7.72. The van der Waals surface area contributed by atoms with Crippen LogP contribution in [0, 0.1) is 0 Å². The molecular formula is C15H23ClN4OS. The van der Waals surface area contributed by atoms with Crippen molar-refractivity contribution in [3.8, 4) is 0 Å². The van der Waals surface area contributed by atoms with Crippen molar-refractivity contribution in [1.29, 1.82) is 0 Å². The minimum atomic E-state index is 0.00196. The smallest absolute Gasteiger partial charge is 0.241 e. The topological polar surface area (TPSA) is 56.7 Å². The summed E-state index contributed by atoms with van der Waals surface area (Å²) in [6, 6.07) is 7.59. The fraction of sp³-hybridized carbons (Fsp3) is 0.467. The Kier molecular flexibility index (Phi) is 8.77. The standard InChI is InChI=1S/C15H23ClN4OS/c1-20(2)14(21)11-19-15(17-7-8-22-3)18-10-12-5-4-6-13(16)9-12/h4-6,9H,7-8,10-11H2,1-3H3,(H2,17,18,19). The number of guanidine groups is 1. The van der Waals surface area contributed by atoms with Crippen LogP contribution in [0.2, 0.25) is 5.02 Å². The third-order valence-corrected chi connectivity index (χ3v) is 3.66. The summed E-state index contributed by atoms with van der Waals surface area (Å²) in [5.74, 6) is 1.60. The molecule has 5 nitrogen and oxygen atoms in total. The Balaban J connectivity index is 2.62. The van der Waals surface area contributed by atoms with E-state index in [2.05, 4.69) is 15.6 Å². The average molecular weight is 343 g/mol. The van der Waals surface area contributed by atoms with Gasteiger partial charge in [-0.05, 0) is 24.0 Å². The van der Waals surface area contributed by atoms with Crippen molar-refractivity contribution in [1.82, 2.24) is 15.5 Å². The summed E-state index contributed by atoms with van der Waals surface area (Å²) < 4.78 is 0. The molecule has 0 saturated heterocycles. The number of aliphatic imine (C=N–C) groups is 1. The van der Waals surface area contributed by atoms with Gasteiger partial charge in [0.1, 0.15) is 0 Å². The first-order valence-corrected chi connectivity index (χ1v) is 8.76. The number of hydrogen-bond acceptors (Lipinski definition) is 3. The maximum absolute atomic E-state index is 11.7. The Morgan fingerprint density at radius 3 is 2.77 bits per heavy atom. The Hall–Kier alpha value is -1.40. The maximum atomic E-state index is 11.7. The van der Waals surface area contributed by atoms with Crippen molar-refractivity contribution < 1.29 is 4.79 Å². The van der Waals surface area contributed by atoms with Crippen LogP contribution in [0.5, 0.6) is 0 Å². The number of rotatable bonds is 7. The lowest BCUT2D eigenvalue weighted by molar-refractivity contribution is -0.127. The lowest BCUT2D eigenvalue weighted by atomic mass is 10.2. The molecule has 0 spiro atoms. The number of nitrogens with one attached hydrogen (secondary N) is 2. The molecule has 1 aromatic rings. The molecule has 7 heteroatoms.